The van der Waals surface area contributed by atoms with E-state index in [4.69, 9.17) is 11.6 Å². The first-order chi connectivity index (χ1) is 13.8. The number of hydrogen-bond donors (Lipinski definition) is 1. The molecule has 0 unspecified atom stereocenters. The van der Waals surface area contributed by atoms with Crippen molar-refractivity contribution in [3.8, 4) is 0 Å². The molecule has 2 rings (SSSR count). The van der Waals surface area contributed by atoms with Crippen LogP contribution in [0.1, 0.15) is 36.6 Å². The Morgan fingerprint density at radius 1 is 1.17 bits per heavy atom. The molecule has 0 aromatic heterocycles. The Balaban J connectivity index is 2.24. The van der Waals surface area contributed by atoms with E-state index in [-0.39, 0.29) is 5.69 Å². The number of alkyl halides is 3. The second kappa shape index (κ2) is 9.26. The number of nitrogens with zero attached hydrogens (tertiary/aromatic N) is 1. The molecule has 0 fully saturated rings. The molecule has 0 spiro atoms. The van der Waals surface area contributed by atoms with Gasteiger partial charge in [-0.25, -0.2) is 8.42 Å². The first-order valence-corrected chi connectivity index (χ1v) is 11.3. The number of anilines is 1. The second-order valence-electron chi connectivity index (χ2n) is 6.82. The number of amides is 1. The molecule has 0 bridgehead atoms. The lowest BCUT2D eigenvalue weighted by Crippen LogP contribution is -2.41. The molecule has 0 aliphatic heterocycles. The summed E-state index contributed by atoms with van der Waals surface area (Å²) in [6, 6.07) is 9.83. The van der Waals surface area contributed by atoms with E-state index in [0.717, 1.165) is 35.9 Å². The van der Waals surface area contributed by atoms with Crippen molar-refractivity contribution >= 4 is 33.2 Å². The van der Waals surface area contributed by atoms with E-state index < -0.39 is 45.3 Å². The Morgan fingerprint density at radius 2 is 1.77 bits per heavy atom. The van der Waals surface area contributed by atoms with Crippen LogP contribution in [0.5, 0.6) is 0 Å². The van der Waals surface area contributed by atoms with E-state index >= 15 is 0 Å². The van der Waals surface area contributed by atoms with Crippen molar-refractivity contribution in [3.63, 3.8) is 0 Å². The predicted octanol–water partition coefficient (Wildman–Crippen LogP) is 4.56. The third-order valence-electron chi connectivity index (χ3n) is 4.50. The van der Waals surface area contributed by atoms with Crippen LogP contribution >= 0.6 is 11.6 Å². The molecule has 0 radical (unpaired) electrons. The summed E-state index contributed by atoms with van der Waals surface area (Å²) in [4.78, 5) is 12.5. The number of rotatable bonds is 7. The number of sulfonamides is 1. The standard InChI is InChI=1S/C20H22ClF3N2O3S/c1-4-14-5-7-15(8-6-14)13(2)25-19(27)12-26(30(3,28)29)16-9-10-18(21)17(11-16)20(22,23)24/h5-11,13H,4,12H2,1-3H3,(H,25,27)/t13-/m0/s1. The third-order valence-corrected chi connectivity index (χ3v) is 5.97. The molecule has 0 saturated heterocycles. The van der Waals surface area contributed by atoms with Crippen molar-refractivity contribution in [1.29, 1.82) is 0 Å². The van der Waals surface area contributed by atoms with Gasteiger partial charge in [0, 0.05) is 0 Å². The summed E-state index contributed by atoms with van der Waals surface area (Å²) in [6.45, 7) is 3.07. The van der Waals surface area contributed by atoms with Gasteiger partial charge in [-0.1, -0.05) is 42.8 Å². The topological polar surface area (TPSA) is 66.5 Å². The highest BCUT2D eigenvalue weighted by Crippen LogP contribution is 2.37. The molecule has 164 valence electrons. The fourth-order valence-electron chi connectivity index (χ4n) is 2.83. The molecular weight excluding hydrogens is 441 g/mol. The zero-order chi connectivity index (χ0) is 22.7. The largest absolute Gasteiger partial charge is 0.417 e. The van der Waals surface area contributed by atoms with Crippen molar-refractivity contribution < 1.29 is 26.4 Å². The maximum absolute atomic E-state index is 13.1. The highest BCUT2D eigenvalue weighted by Gasteiger charge is 2.34. The van der Waals surface area contributed by atoms with E-state index in [1.807, 2.05) is 31.2 Å². The first-order valence-electron chi connectivity index (χ1n) is 9.05. The van der Waals surface area contributed by atoms with Crippen molar-refractivity contribution in [2.75, 3.05) is 17.1 Å². The van der Waals surface area contributed by atoms with Crippen molar-refractivity contribution in [1.82, 2.24) is 5.32 Å². The molecule has 5 nitrogen and oxygen atoms in total. The third kappa shape index (κ3) is 6.12. The Bertz CT molecular complexity index is 1010. The number of hydrogen-bond acceptors (Lipinski definition) is 3. The van der Waals surface area contributed by atoms with Crippen LogP contribution in [0.15, 0.2) is 42.5 Å². The van der Waals surface area contributed by atoms with Crippen LogP contribution in [0.3, 0.4) is 0 Å². The van der Waals surface area contributed by atoms with E-state index in [1.165, 1.54) is 0 Å². The summed E-state index contributed by atoms with van der Waals surface area (Å²) < 4.78 is 64.4. The van der Waals surface area contributed by atoms with Gasteiger partial charge in [-0.2, -0.15) is 13.2 Å². The van der Waals surface area contributed by atoms with Crippen LogP contribution in [0.2, 0.25) is 5.02 Å². The molecule has 1 N–H and O–H groups in total. The molecule has 0 saturated carbocycles. The van der Waals surface area contributed by atoms with Gasteiger partial charge in [0.15, 0.2) is 0 Å². The number of carbonyl (C=O) groups is 1. The van der Waals surface area contributed by atoms with Gasteiger partial charge < -0.3 is 5.32 Å². The number of halogens is 4. The molecular formula is C20H22ClF3N2O3S. The van der Waals surface area contributed by atoms with Gasteiger partial charge in [0.05, 0.1) is 28.6 Å². The average Bonchev–Trinajstić information content (AvgIpc) is 2.65. The maximum Gasteiger partial charge on any atom is 0.417 e. The van der Waals surface area contributed by atoms with Gasteiger partial charge >= 0.3 is 6.18 Å². The summed E-state index contributed by atoms with van der Waals surface area (Å²) in [5.74, 6) is -0.656. The van der Waals surface area contributed by atoms with Gasteiger partial charge in [-0.3, -0.25) is 9.10 Å². The fourth-order valence-corrected chi connectivity index (χ4v) is 3.90. The quantitative estimate of drug-likeness (QED) is 0.655. The Kier molecular flexibility index (Phi) is 7.41. The van der Waals surface area contributed by atoms with Gasteiger partial charge in [0.2, 0.25) is 15.9 Å². The zero-order valence-electron chi connectivity index (χ0n) is 16.6. The molecule has 30 heavy (non-hydrogen) atoms. The lowest BCUT2D eigenvalue weighted by atomic mass is 10.1. The molecule has 0 aliphatic rings. The second-order valence-corrected chi connectivity index (χ2v) is 9.13. The molecule has 2 aromatic carbocycles. The average molecular weight is 463 g/mol. The summed E-state index contributed by atoms with van der Waals surface area (Å²) in [7, 11) is -4.04. The summed E-state index contributed by atoms with van der Waals surface area (Å²) in [5.41, 5.74) is 0.463. The highest BCUT2D eigenvalue weighted by atomic mass is 35.5. The van der Waals surface area contributed by atoms with Crippen molar-refractivity contribution in [2.45, 2.75) is 32.5 Å². The van der Waals surface area contributed by atoms with E-state index in [0.29, 0.717) is 10.4 Å². The van der Waals surface area contributed by atoms with Crippen molar-refractivity contribution in [2.24, 2.45) is 0 Å². The SMILES string of the molecule is CCc1ccc([C@H](C)NC(=O)CN(c2ccc(Cl)c(C(F)(F)F)c2)S(C)(=O)=O)cc1. The molecule has 1 atom stereocenters. The smallest absolute Gasteiger partial charge is 0.348 e. The van der Waals surface area contributed by atoms with E-state index in [2.05, 4.69) is 5.32 Å². The van der Waals surface area contributed by atoms with Crippen LogP contribution in [0.4, 0.5) is 18.9 Å². The maximum atomic E-state index is 13.1. The highest BCUT2D eigenvalue weighted by molar-refractivity contribution is 7.92. The minimum Gasteiger partial charge on any atom is -0.348 e. The lowest BCUT2D eigenvalue weighted by molar-refractivity contribution is -0.137. The molecule has 0 aliphatic carbocycles. The molecule has 10 heteroatoms. The number of carbonyl (C=O) groups excluding carboxylic acids is 1. The van der Waals surface area contributed by atoms with Crippen molar-refractivity contribution in [3.05, 3.63) is 64.2 Å². The summed E-state index contributed by atoms with van der Waals surface area (Å²) in [6.07, 6.45) is -3.09. The van der Waals surface area contributed by atoms with Gasteiger partial charge in [-0.05, 0) is 42.7 Å². The van der Waals surface area contributed by atoms with Gasteiger partial charge in [0.1, 0.15) is 6.54 Å². The molecule has 0 heterocycles. The Hall–Kier alpha value is -2.26. The molecule has 2 aromatic rings. The first kappa shape index (κ1) is 24.0. The minimum atomic E-state index is -4.77. The van der Waals surface area contributed by atoms with Crippen LogP contribution in [-0.4, -0.2) is 27.1 Å². The summed E-state index contributed by atoms with van der Waals surface area (Å²) in [5, 5.41) is 2.11. The van der Waals surface area contributed by atoms with Crippen LogP contribution in [-0.2, 0) is 27.4 Å². The lowest BCUT2D eigenvalue weighted by Gasteiger charge is -2.24. The fraction of sp³-hybridized carbons (Fsp3) is 0.350. The minimum absolute atomic E-state index is 0.302. The van der Waals surface area contributed by atoms with Crippen LogP contribution in [0.25, 0.3) is 0 Å². The predicted molar refractivity (Wildman–Crippen MR) is 111 cm³/mol. The zero-order valence-corrected chi connectivity index (χ0v) is 18.2. The van der Waals surface area contributed by atoms with Crippen LogP contribution < -0.4 is 9.62 Å². The van der Waals surface area contributed by atoms with Gasteiger partial charge in [0.25, 0.3) is 0 Å². The van der Waals surface area contributed by atoms with E-state index in [9.17, 15) is 26.4 Å². The number of benzene rings is 2. The number of aryl methyl sites for hydroxylation is 1. The Labute approximate surface area is 178 Å². The molecule has 1 amide bonds. The van der Waals surface area contributed by atoms with E-state index in [1.54, 1.807) is 6.92 Å². The monoisotopic (exact) mass is 462 g/mol. The number of nitrogens with one attached hydrogen (secondary N) is 1. The normalized spacial score (nSPS) is 13.0. The van der Waals surface area contributed by atoms with Crippen LogP contribution in [0, 0.1) is 0 Å². The van der Waals surface area contributed by atoms with Gasteiger partial charge in [-0.15, -0.1) is 0 Å². The Morgan fingerprint density at radius 3 is 2.27 bits per heavy atom. The summed E-state index contributed by atoms with van der Waals surface area (Å²) >= 11 is 5.60.